The molecular weight excluding hydrogens is 112 g/mol. The van der Waals surface area contributed by atoms with Gasteiger partial charge in [-0.1, -0.05) is 0 Å². The second-order valence-electron chi connectivity index (χ2n) is 3.16. The van der Waals surface area contributed by atoms with Crippen molar-refractivity contribution >= 4 is 0 Å². The average Bonchev–Trinajstić information content (AvgIpc) is 2.56. The van der Waals surface area contributed by atoms with Crippen LogP contribution in [0.4, 0.5) is 0 Å². The minimum Gasteiger partial charge on any atom is -0.266 e. The molecule has 3 rings (SSSR count). The van der Waals surface area contributed by atoms with E-state index in [1.165, 1.54) is 12.8 Å². The maximum Gasteiger partial charge on any atom is 0.0664 e. The molecule has 1 aromatic heterocycles. The van der Waals surface area contributed by atoms with Crippen LogP contribution in [0.5, 0.6) is 0 Å². The van der Waals surface area contributed by atoms with Gasteiger partial charge in [-0.2, -0.15) is 5.10 Å². The van der Waals surface area contributed by atoms with Gasteiger partial charge in [-0.25, -0.2) is 0 Å². The maximum atomic E-state index is 4.21. The Morgan fingerprint density at radius 3 is 2.78 bits per heavy atom. The third-order valence-electron chi connectivity index (χ3n) is 2.60. The Hall–Kier alpha value is -0.790. The van der Waals surface area contributed by atoms with E-state index in [0.29, 0.717) is 5.54 Å². The molecule has 0 spiro atoms. The minimum absolute atomic E-state index is 0.545. The molecule has 0 amide bonds. The van der Waals surface area contributed by atoms with Gasteiger partial charge in [-0.15, -0.1) is 0 Å². The normalized spacial score (nSPS) is 44.2. The van der Waals surface area contributed by atoms with Crippen molar-refractivity contribution in [3.63, 3.8) is 0 Å². The van der Waals surface area contributed by atoms with Gasteiger partial charge >= 0.3 is 0 Å². The van der Waals surface area contributed by atoms with E-state index in [1.54, 1.807) is 0 Å². The highest BCUT2D eigenvalue weighted by Crippen LogP contribution is 2.72. The molecule has 2 aliphatic carbocycles. The van der Waals surface area contributed by atoms with Crippen LogP contribution in [0.15, 0.2) is 18.5 Å². The smallest absolute Gasteiger partial charge is 0.0664 e. The molecule has 0 aromatic carbocycles. The van der Waals surface area contributed by atoms with E-state index in [-0.39, 0.29) is 0 Å². The van der Waals surface area contributed by atoms with E-state index < -0.39 is 0 Å². The number of hydrogen-bond donors (Lipinski definition) is 0. The van der Waals surface area contributed by atoms with Crippen molar-refractivity contribution in [2.45, 2.75) is 18.4 Å². The van der Waals surface area contributed by atoms with Crippen molar-refractivity contribution in [3.8, 4) is 0 Å². The summed E-state index contributed by atoms with van der Waals surface area (Å²) in [7, 11) is 0. The van der Waals surface area contributed by atoms with Gasteiger partial charge in [0.25, 0.3) is 0 Å². The lowest BCUT2D eigenvalue weighted by molar-refractivity contribution is 0.530. The lowest BCUT2D eigenvalue weighted by Gasteiger charge is -2.00. The molecule has 2 heteroatoms. The summed E-state index contributed by atoms with van der Waals surface area (Å²) in [5.41, 5.74) is 0.545. The van der Waals surface area contributed by atoms with Gasteiger partial charge in [0.2, 0.25) is 0 Å². The number of nitrogens with zero attached hydrogens (tertiary/aromatic N) is 2. The summed E-state index contributed by atoms with van der Waals surface area (Å²) in [5.74, 6) is 0.998. The lowest BCUT2D eigenvalue weighted by atomic mass is 10.4. The van der Waals surface area contributed by atoms with Crippen LogP contribution in [0.25, 0.3) is 0 Å². The topological polar surface area (TPSA) is 17.8 Å². The van der Waals surface area contributed by atoms with Crippen LogP contribution in [0.3, 0.4) is 0 Å². The molecule has 2 nitrogen and oxygen atoms in total. The fraction of sp³-hybridized carbons (Fsp3) is 0.571. The maximum absolute atomic E-state index is 4.21. The van der Waals surface area contributed by atoms with Gasteiger partial charge in [0, 0.05) is 12.4 Å². The summed E-state index contributed by atoms with van der Waals surface area (Å²) in [5, 5.41) is 4.21. The van der Waals surface area contributed by atoms with E-state index in [4.69, 9.17) is 0 Å². The van der Waals surface area contributed by atoms with Crippen molar-refractivity contribution in [3.05, 3.63) is 18.5 Å². The summed E-state index contributed by atoms with van der Waals surface area (Å²) in [6.07, 6.45) is 6.71. The van der Waals surface area contributed by atoms with E-state index in [9.17, 15) is 0 Å². The number of aromatic nitrogens is 2. The molecule has 1 heterocycles. The van der Waals surface area contributed by atoms with E-state index in [0.717, 1.165) is 5.92 Å². The molecule has 46 valence electrons. The highest BCUT2D eigenvalue weighted by Gasteiger charge is 2.71. The summed E-state index contributed by atoms with van der Waals surface area (Å²) in [6.45, 7) is 0. The van der Waals surface area contributed by atoms with Gasteiger partial charge in [-0.3, -0.25) is 4.68 Å². The second-order valence-corrected chi connectivity index (χ2v) is 3.16. The third kappa shape index (κ3) is 0.334. The summed E-state index contributed by atoms with van der Waals surface area (Å²) < 4.78 is 2.12. The van der Waals surface area contributed by atoms with Crippen molar-refractivity contribution in [2.75, 3.05) is 0 Å². The zero-order valence-electron chi connectivity index (χ0n) is 5.12. The van der Waals surface area contributed by atoms with Crippen molar-refractivity contribution in [1.29, 1.82) is 0 Å². The Kier molecular flexibility index (Phi) is 0.427. The SMILES string of the molecule is c1cnn(C23CC2C3)c1. The molecular formula is C7H8N2. The molecule has 9 heavy (non-hydrogen) atoms. The predicted octanol–water partition coefficient (Wildman–Crippen LogP) is 1.00. The fourth-order valence-electron chi connectivity index (χ4n) is 1.58. The number of hydrogen-bond acceptors (Lipinski definition) is 1. The molecule has 0 atom stereocenters. The predicted molar refractivity (Wildman–Crippen MR) is 32.9 cm³/mol. The van der Waals surface area contributed by atoms with Crippen molar-refractivity contribution < 1.29 is 0 Å². The first-order valence-electron chi connectivity index (χ1n) is 3.42. The Balaban J connectivity index is 2.11. The monoisotopic (exact) mass is 120 g/mol. The van der Waals surface area contributed by atoms with Crippen molar-refractivity contribution in [2.24, 2.45) is 5.92 Å². The molecule has 0 bridgehead atoms. The van der Waals surface area contributed by atoms with Gasteiger partial charge in [0.1, 0.15) is 0 Å². The van der Waals surface area contributed by atoms with Crippen LogP contribution >= 0.6 is 0 Å². The Morgan fingerprint density at radius 2 is 2.33 bits per heavy atom. The molecule has 2 aliphatic rings. The Labute approximate surface area is 53.5 Å². The van der Waals surface area contributed by atoms with Crippen LogP contribution in [0.2, 0.25) is 0 Å². The highest BCUT2D eigenvalue weighted by atomic mass is 15.4. The standard InChI is InChI=1S/C7H8N2/c1-2-8-9(3-1)7-4-6(7)5-7/h1-3,6H,4-5H2. The van der Waals surface area contributed by atoms with Gasteiger partial charge < -0.3 is 0 Å². The molecule has 0 aliphatic heterocycles. The van der Waals surface area contributed by atoms with E-state index >= 15 is 0 Å². The van der Waals surface area contributed by atoms with Crippen LogP contribution in [-0.4, -0.2) is 9.78 Å². The largest absolute Gasteiger partial charge is 0.266 e. The number of rotatable bonds is 1. The van der Waals surface area contributed by atoms with Gasteiger partial charge in [-0.05, 0) is 24.8 Å². The summed E-state index contributed by atoms with van der Waals surface area (Å²) in [4.78, 5) is 0. The first-order valence-corrected chi connectivity index (χ1v) is 3.42. The average molecular weight is 120 g/mol. The first kappa shape index (κ1) is 4.09. The van der Waals surface area contributed by atoms with Crippen LogP contribution < -0.4 is 0 Å². The Morgan fingerprint density at radius 1 is 1.56 bits per heavy atom. The molecule has 2 fully saturated rings. The molecule has 1 aromatic rings. The van der Waals surface area contributed by atoms with Gasteiger partial charge in [0.05, 0.1) is 5.54 Å². The number of fused-ring (bicyclic) bond motifs is 1. The fourth-order valence-corrected chi connectivity index (χ4v) is 1.58. The zero-order chi connectivity index (χ0) is 5.90. The third-order valence-corrected chi connectivity index (χ3v) is 2.60. The molecule has 0 radical (unpaired) electrons. The van der Waals surface area contributed by atoms with Crippen LogP contribution in [0.1, 0.15) is 12.8 Å². The van der Waals surface area contributed by atoms with Crippen molar-refractivity contribution in [1.82, 2.24) is 9.78 Å². The van der Waals surface area contributed by atoms with E-state index in [1.807, 2.05) is 12.3 Å². The molecule has 0 unspecified atom stereocenters. The lowest BCUT2D eigenvalue weighted by Crippen LogP contribution is -2.06. The Bertz CT molecular complexity index is 231. The molecule has 0 saturated heterocycles. The second kappa shape index (κ2) is 0.939. The van der Waals surface area contributed by atoms with Gasteiger partial charge in [0.15, 0.2) is 0 Å². The highest BCUT2D eigenvalue weighted by molar-refractivity contribution is 5.23. The first-order chi connectivity index (χ1) is 4.42. The van der Waals surface area contributed by atoms with Crippen LogP contribution in [0, 0.1) is 5.92 Å². The van der Waals surface area contributed by atoms with Crippen LogP contribution in [-0.2, 0) is 5.54 Å². The summed E-state index contributed by atoms with van der Waals surface area (Å²) in [6, 6.07) is 2.00. The molecule has 2 saturated carbocycles. The minimum atomic E-state index is 0.545. The zero-order valence-corrected chi connectivity index (χ0v) is 5.12. The quantitative estimate of drug-likeness (QED) is 0.540. The molecule has 0 N–H and O–H groups in total. The summed E-state index contributed by atoms with van der Waals surface area (Å²) >= 11 is 0. The van der Waals surface area contributed by atoms with E-state index in [2.05, 4.69) is 16.0 Å².